The molecule has 0 N–H and O–H groups in total. The zero-order valence-electron chi connectivity index (χ0n) is 15.8. The lowest BCUT2D eigenvalue weighted by Crippen LogP contribution is -2.30. The van der Waals surface area contributed by atoms with Crippen LogP contribution in [0.3, 0.4) is 0 Å². The first-order valence-corrected chi connectivity index (χ1v) is 8.73. The van der Waals surface area contributed by atoms with Crippen LogP contribution in [0.4, 0.5) is 0 Å². The Bertz CT molecular complexity index is 974. The molecule has 0 aliphatic carbocycles. The number of Topliss-reactive ketones (excluding diaryl/α,β-unsaturated/α-hetero) is 1. The Hall–Kier alpha value is -2.89. The minimum Gasteiger partial charge on any atom is -0.360 e. The second-order valence-corrected chi connectivity index (χ2v) is 6.46. The molecule has 26 heavy (non-hydrogen) atoms. The minimum atomic E-state index is -0.546. The van der Waals surface area contributed by atoms with Crippen LogP contribution in [-0.4, -0.2) is 40.4 Å². The number of aryl methyl sites for hydroxylation is 3. The van der Waals surface area contributed by atoms with Gasteiger partial charge in [0.25, 0.3) is 11.7 Å². The van der Waals surface area contributed by atoms with Crippen LogP contribution >= 0.6 is 0 Å². The molecule has 0 aliphatic heterocycles. The molecule has 1 amide bonds. The summed E-state index contributed by atoms with van der Waals surface area (Å²) in [5.74, 6) is -0.346. The number of likely N-dealkylation sites (N-methyl/N-ethyl adjacent to an activating group) is 1. The van der Waals surface area contributed by atoms with Crippen molar-refractivity contribution >= 4 is 22.6 Å². The van der Waals surface area contributed by atoms with E-state index in [-0.39, 0.29) is 0 Å². The molecule has 0 aliphatic rings. The van der Waals surface area contributed by atoms with Gasteiger partial charge in [-0.1, -0.05) is 37.2 Å². The van der Waals surface area contributed by atoms with Crippen molar-refractivity contribution in [2.75, 3.05) is 14.1 Å². The summed E-state index contributed by atoms with van der Waals surface area (Å²) >= 11 is 0. The van der Waals surface area contributed by atoms with E-state index < -0.39 is 11.7 Å². The Labute approximate surface area is 152 Å². The van der Waals surface area contributed by atoms with Crippen molar-refractivity contribution in [3.05, 3.63) is 41.3 Å². The predicted octanol–water partition coefficient (Wildman–Crippen LogP) is 3.23. The first-order chi connectivity index (χ1) is 12.4. The second-order valence-electron chi connectivity index (χ2n) is 6.46. The SMILES string of the molecule is CCc1noc(CC)c1-c1c(C(=O)C(=O)N(C)C)c2ccccc2n1C. The highest BCUT2D eigenvalue weighted by Crippen LogP contribution is 2.37. The van der Waals surface area contributed by atoms with E-state index in [9.17, 15) is 9.59 Å². The average Bonchev–Trinajstić information content (AvgIpc) is 3.18. The largest absolute Gasteiger partial charge is 0.360 e. The highest BCUT2D eigenvalue weighted by Gasteiger charge is 2.31. The fourth-order valence-electron chi connectivity index (χ4n) is 3.34. The molecular weight excluding hydrogens is 330 g/mol. The molecule has 2 heterocycles. The molecule has 0 bridgehead atoms. The van der Waals surface area contributed by atoms with Crippen molar-refractivity contribution in [1.29, 1.82) is 0 Å². The van der Waals surface area contributed by atoms with Crippen molar-refractivity contribution in [2.45, 2.75) is 26.7 Å². The molecule has 0 saturated heterocycles. The third kappa shape index (κ3) is 2.62. The Morgan fingerprint density at radius 3 is 2.46 bits per heavy atom. The van der Waals surface area contributed by atoms with Gasteiger partial charge in [0, 0.05) is 38.5 Å². The number of carbonyl (C=O) groups is 2. The summed E-state index contributed by atoms with van der Waals surface area (Å²) in [6.45, 7) is 3.98. The molecule has 6 heteroatoms. The third-order valence-electron chi connectivity index (χ3n) is 4.66. The topological polar surface area (TPSA) is 68.3 Å². The summed E-state index contributed by atoms with van der Waals surface area (Å²) in [5, 5.41) is 4.94. The minimum absolute atomic E-state index is 0.411. The van der Waals surface area contributed by atoms with E-state index in [1.807, 2.05) is 49.7 Å². The van der Waals surface area contributed by atoms with Crippen LogP contribution in [-0.2, 0) is 24.7 Å². The molecule has 0 spiro atoms. The van der Waals surface area contributed by atoms with E-state index >= 15 is 0 Å². The predicted molar refractivity (Wildman–Crippen MR) is 100 cm³/mol. The average molecular weight is 353 g/mol. The Kier molecular flexibility index (Phi) is 4.68. The van der Waals surface area contributed by atoms with E-state index in [0.717, 1.165) is 27.9 Å². The smallest absolute Gasteiger partial charge is 0.294 e. The Morgan fingerprint density at radius 2 is 1.85 bits per heavy atom. The van der Waals surface area contributed by atoms with Gasteiger partial charge in [-0.15, -0.1) is 0 Å². The fraction of sp³-hybridized carbons (Fsp3) is 0.350. The first kappa shape index (κ1) is 17.9. The molecule has 3 rings (SSSR count). The lowest BCUT2D eigenvalue weighted by molar-refractivity contribution is -0.124. The van der Waals surface area contributed by atoms with Gasteiger partial charge in [0.05, 0.1) is 22.5 Å². The number of benzene rings is 1. The van der Waals surface area contributed by atoms with E-state index in [1.165, 1.54) is 4.90 Å². The summed E-state index contributed by atoms with van der Waals surface area (Å²) in [7, 11) is 5.07. The van der Waals surface area contributed by atoms with E-state index in [2.05, 4.69) is 5.16 Å². The molecule has 6 nitrogen and oxygen atoms in total. The van der Waals surface area contributed by atoms with Gasteiger partial charge >= 0.3 is 0 Å². The number of amides is 1. The number of ketones is 1. The quantitative estimate of drug-likeness (QED) is 0.522. The normalized spacial score (nSPS) is 11.1. The van der Waals surface area contributed by atoms with Crippen molar-refractivity contribution in [3.63, 3.8) is 0 Å². The summed E-state index contributed by atoms with van der Waals surface area (Å²) in [4.78, 5) is 26.8. The zero-order valence-corrected chi connectivity index (χ0v) is 15.8. The molecule has 3 aromatic rings. The first-order valence-electron chi connectivity index (χ1n) is 8.73. The van der Waals surface area contributed by atoms with Gasteiger partial charge in [-0.25, -0.2) is 0 Å². The summed E-state index contributed by atoms with van der Waals surface area (Å²) in [6.07, 6.45) is 1.33. The molecule has 0 unspecified atom stereocenters. The van der Waals surface area contributed by atoms with Crippen LogP contribution in [0, 0.1) is 0 Å². The standard InChI is InChI=1S/C20H23N3O3/c1-6-13-17(15(7-2)26-21-13)18-16(19(24)20(25)22(3)4)12-10-8-9-11-14(12)23(18)5/h8-11H,6-7H2,1-5H3. The highest BCUT2D eigenvalue weighted by atomic mass is 16.5. The fourth-order valence-corrected chi connectivity index (χ4v) is 3.34. The maximum Gasteiger partial charge on any atom is 0.294 e. The van der Waals surface area contributed by atoms with Gasteiger partial charge in [-0.3, -0.25) is 9.59 Å². The van der Waals surface area contributed by atoms with Crippen molar-refractivity contribution in [1.82, 2.24) is 14.6 Å². The van der Waals surface area contributed by atoms with E-state index in [0.29, 0.717) is 24.1 Å². The van der Waals surface area contributed by atoms with Crippen molar-refractivity contribution in [2.24, 2.45) is 7.05 Å². The van der Waals surface area contributed by atoms with Gasteiger partial charge in [0.2, 0.25) is 0 Å². The number of nitrogens with zero attached hydrogens (tertiary/aromatic N) is 3. The van der Waals surface area contributed by atoms with Crippen LogP contribution in [0.1, 0.15) is 35.7 Å². The van der Waals surface area contributed by atoms with Gasteiger partial charge in [-0.05, 0) is 12.5 Å². The number of para-hydroxylation sites is 1. The van der Waals surface area contributed by atoms with Crippen LogP contribution in [0.15, 0.2) is 28.8 Å². The van der Waals surface area contributed by atoms with E-state index in [1.54, 1.807) is 14.1 Å². The van der Waals surface area contributed by atoms with Crippen molar-refractivity contribution in [3.8, 4) is 11.3 Å². The molecule has 2 aromatic heterocycles. The monoisotopic (exact) mass is 353 g/mol. The Morgan fingerprint density at radius 1 is 1.15 bits per heavy atom. The molecule has 0 radical (unpaired) electrons. The van der Waals surface area contributed by atoms with Crippen LogP contribution in [0.5, 0.6) is 0 Å². The Balaban J connectivity index is 2.41. The third-order valence-corrected chi connectivity index (χ3v) is 4.66. The highest BCUT2D eigenvalue weighted by molar-refractivity contribution is 6.46. The van der Waals surface area contributed by atoms with Gasteiger partial charge in [-0.2, -0.15) is 0 Å². The molecule has 0 saturated carbocycles. The maximum absolute atomic E-state index is 13.1. The summed E-state index contributed by atoms with van der Waals surface area (Å²) in [5.41, 5.74) is 3.61. The summed E-state index contributed by atoms with van der Waals surface area (Å²) < 4.78 is 7.47. The van der Waals surface area contributed by atoms with E-state index in [4.69, 9.17) is 4.52 Å². The number of carbonyl (C=O) groups excluding carboxylic acids is 2. The summed E-state index contributed by atoms with van der Waals surface area (Å²) in [6, 6.07) is 7.61. The van der Waals surface area contributed by atoms with Crippen LogP contribution in [0.25, 0.3) is 22.2 Å². The van der Waals surface area contributed by atoms with Gasteiger partial charge in [0.1, 0.15) is 5.76 Å². The van der Waals surface area contributed by atoms with Crippen LogP contribution in [0.2, 0.25) is 0 Å². The molecular formula is C20H23N3O3. The number of aromatic nitrogens is 2. The number of rotatable bonds is 5. The van der Waals surface area contributed by atoms with Gasteiger partial charge in [0.15, 0.2) is 0 Å². The number of fused-ring (bicyclic) bond motifs is 1. The zero-order chi connectivity index (χ0) is 19.0. The molecule has 1 aromatic carbocycles. The van der Waals surface area contributed by atoms with Crippen LogP contribution < -0.4 is 0 Å². The molecule has 0 atom stereocenters. The lowest BCUT2D eigenvalue weighted by atomic mass is 9.98. The lowest BCUT2D eigenvalue weighted by Gasteiger charge is -2.11. The number of hydrogen-bond donors (Lipinski definition) is 0. The van der Waals surface area contributed by atoms with Crippen molar-refractivity contribution < 1.29 is 14.1 Å². The maximum atomic E-state index is 13.1. The number of hydrogen-bond acceptors (Lipinski definition) is 4. The molecule has 0 fully saturated rings. The second kappa shape index (κ2) is 6.78. The van der Waals surface area contributed by atoms with Gasteiger partial charge < -0.3 is 14.0 Å². The molecule has 136 valence electrons.